The lowest BCUT2D eigenvalue weighted by atomic mass is 9.89. The van der Waals surface area contributed by atoms with E-state index in [0.717, 1.165) is 24.6 Å². The molecule has 164 valence electrons. The minimum absolute atomic E-state index is 0.169. The van der Waals surface area contributed by atoms with Gasteiger partial charge in [0, 0.05) is 5.56 Å². The van der Waals surface area contributed by atoms with Crippen LogP contribution in [0, 0.1) is 0 Å². The number of aromatic amines is 1. The average Bonchev–Trinajstić information content (AvgIpc) is 3.41. The molecule has 1 saturated carbocycles. The minimum atomic E-state index is -0.329. The molecule has 1 aromatic heterocycles. The minimum Gasteiger partial charge on any atom is -0.497 e. The molecule has 1 aliphatic heterocycles. The van der Waals surface area contributed by atoms with Crippen LogP contribution < -0.4 is 14.8 Å². The molecule has 1 saturated heterocycles. The van der Waals surface area contributed by atoms with Crippen LogP contribution in [0.5, 0.6) is 11.5 Å². The van der Waals surface area contributed by atoms with Gasteiger partial charge in [-0.2, -0.15) is 5.10 Å². The summed E-state index contributed by atoms with van der Waals surface area (Å²) in [7, 11) is 3.14. The predicted molar refractivity (Wildman–Crippen MR) is 115 cm³/mol. The molecule has 4 rings (SSSR count). The lowest BCUT2D eigenvalue weighted by Gasteiger charge is -2.36. The molecule has 0 bridgehead atoms. The summed E-state index contributed by atoms with van der Waals surface area (Å²) in [4.78, 5) is 38.6. The largest absolute Gasteiger partial charge is 0.497 e. The van der Waals surface area contributed by atoms with Gasteiger partial charge in [0.15, 0.2) is 0 Å². The summed E-state index contributed by atoms with van der Waals surface area (Å²) in [5, 5.41) is 9.80. The number of benzene rings is 1. The van der Waals surface area contributed by atoms with Crippen molar-refractivity contribution in [3.8, 4) is 22.8 Å². The Morgan fingerprint density at radius 3 is 2.71 bits per heavy atom. The fraction of sp³-hybridized carbons (Fsp3) is 0.429. The zero-order chi connectivity index (χ0) is 22.0. The molecule has 0 unspecified atom stereocenters. The van der Waals surface area contributed by atoms with Gasteiger partial charge in [0.2, 0.25) is 5.91 Å². The number of methoxy groups -OCH3 is 2. The lowest BCUT2D eigenvalue weighted by molar-refractivity contribution is -0.127. The summed E-state index contributed by atoms with van der Waals surface area (Å²) >= 11 is 1.02. The number of H-pyrrole nitrogens is 1. The Balaban J connectivity index is 1.52. The van der Waals surface area contributed by atoms with Gasteiger partial charge >= 0.3 is 0 Å². The molecule has 2 aromatic rings. The van der Waals surface area contributed by atoms with Gasteiger partial charge in [-0.15, -0.1) is 0 Å². The Morgan fingerprint density at radius 1 is 1.19 bits per heavy atom. The molecule has 9 nitrogen and oxygen atoms in total. The van der Waals surface area contributed by atoms with Gasteiger partial charge in [-0.05, 0) is 37.1 Å². The Kier molecular flexibility index (Phi) is 6.17. The SMILES string of the molecule is COc1ccc(OC)c(-c2cc(C(=O)N[C@H]3CCCC[C@H]3N3C(=O)CSC3=O)[nH]n2)c1. The molecule has 2 N–H and O–H groups in total. The summed E-state index contributed by atoms with van der Waals surface area (Å²) in [5.41, 5.74) is 1.53. The zero-order valence-electron chi connectivity index (χ0n) is 17.3. The van der Waals surface area contributed by atoms with E-state index in [1.54, 1.807) is 38.5 Å². The second-order valence-corrected chi connectivity index (χ2v) is 8.41. The highest BCUT2D eigenvalue weighted by atomic mass is 32.2. The molecule has 10 heteroatoms. The second-order valence-electron chi connectivity index (χ2n) is 7.48. The van der Waals surface area contributed by atoms with Gasteiger partial charge in [-0.1, -0.05) is 24.6 Å². The second kappa shape index (κ2) is 9.01. The first-order valence-corrected chi connectivity index (χ1v) is 11.1. The monoisotopic (exact) mass is 444 g/mol. The molecule has 1 aromatic carbocycles. The molecule has 2 heterocycles. The van der Waals surface area contributed by atoms with E-state index in [-0.39, 0.29) is 40.6 Å². The highest BCUT2D eigenvalue weighted by molar-refractivity contribution is 8.14. The highest BCUT2D eigenvalue weighted by Gasteiger charge is 2.41. The Labute approximate surface area is 183 Å². The van der Waals surface area contributed by atoms with E-state index >= 15 is 0 Å². The number of thioether (sulfide) groups is 1. The number of carbonyl (C=O) groups excluding carboxylic acids is 3. The number of hydrogen-bond acceptors (Lipinski definition) is 7. The number of carbonyl (C=O) groups is 3. The highest BCUT2D eigenvalue weighted by Crippen LogP contribution is 2.33. The van der Waals surface area contributed by atoms with Crippen molar-refractivity contribution in [1.29, 1.82) is 0 Å². The first-order valence-electron chi connectivity index (χ1n) is 10.1. The van der Waals surface area contributed by atoms with Gasteiger partial charge in [0.05, 0.1) is 37.8 Å². The summed E-state index contributed by atoms with van der Waals surface area (Å²) in [6.45, 7) is 0. The summed E-state index contributed by atoms with van der Waals surface area (Å²) in [5.74, 6) is 0.907. The molecule has 0 spiro atoms. The molecular formula is C21H24N4O5S. The first kappa shape index (κ1) is 21.2. The van der Waals surface area contributed by atoms with Crippen molar-refractivity contribution in [2.24, 2.45) is 0 Å². The van der Waals surface area contributed by atoms with Gasteiger partial charge in [-0.25, -0.2) is 0 Å². The maximum atomic E-state index is 12.9. The molecule has 31 heavy (non-hydrogen) atoms. The summed E-state index contributed by atoms with van der Waals surface area (Å²) in [6, 6.07) is 6.39. The van der Waals surface area contributed by atoms with Crippen LogP contribution in [0.3, 0.4) is 0 Å². The summed E-state index contributed by atoms with van der Waals surface area (Å²) in [6.07, 6.45) is 3.25. The van der Waals surface area contributed by atoms with Crippen LogP contribution in [0.4, 0.5) is 4.79 Å². The lowest BCUT2D eigenvalue weighted by Crippen LogP contribution is -2.54. The molecule has 3 amide bonds. The topological polar surface area (TPSA) is 114 Å². The fourth-order valence-electron chi connectivity index (χ4n) is 4.11. The van der Waals surface area contributed by atoms with Gasteiger partial charge in [-0.3, -0.25) is 24.4 Å². The third-order valence-corrected chi connectivity index (χ3v) is 6.50. The van der Waals surface area contributed by atoms with Gasteiger partial charge in [0.25, 0.3) is 11.1 Å². The van der Waals surface area contributed by atoms with Crippen LogP contribution in [0.2, 0.25) is 0 Å². The van der Waals surface area contributed by atoms with E-state index in [9.17, 15) is 14.4 Å². The molecule has 1 aliphatic carbocycles. The number of amides is 3. The number of rotatable bonds is 6. The normalized spacial score (nSPS) is 21.3. The average molecular weight is 445 g/mol. The van der Waals surface area contributed by atoms with Crippen LogP contribution in [-0.2, 0) is 4.79 Å². The van der Waals surface area contributed by atoms with E-state index in [1.807, 2.05) is 0 Å². The predicted octanol–water partition coefficient (Wildman–Crippen LogP) is 2.83. The Hall–Kier alpha value is -3.01. The van der Waals surface area contributed by atoms with Crippen molar-refractivity contribution >= 4 is 28.8 Å². The van der Waals surface area contributed by atoms with Gasteiger partial charge in [0.1, 0.15) is 17.2 Å². The van der Waals surface area contributed by atoms with E-state index in [1.165, 1.54) is 4.90 Å². The number of ether oxygens (including phenoxy) is 2. The first-order chi connectivity index (χ1) is 15.0. The van der Waals surface area contributed by atoms with E-state index in [0.29, 0.717) is 35.6 Å². The van der Waals surface area contributed by atoms with Crippen LogP contribution in [0.15, 0.2) is 24.3 Å². The van der Waals surface area contributed by atoms with E-state index in [4.69, 9.17) is 9.47 Å². The number of nitrogens with one attached hydrogen (secondary N) is 2. The van der Waals surface area contributed by atoms with Crippen molar-refractivity contribution in [1.82, 2.24) is 20.4 Å². The maximum absolute atomic E-state index is 12.9. The fourth-order valence-corrected chi connectivity index (χ4v) is 4.87. The standard InChI is InChI=1S/C21H24N4O5S/c1-29-12-7-8-18(30-2)13(9-12)15-10-16(24-23-15)20(27)22-14-5-3-4-6-17(14)25-19(26)11-31-21(25)28/h7-10,14,17H,3-6,11H2,1-2H3,(H,22,27)(H,23,24)/t14-,17+/m0/s1. The quantitative estimate of drug-likeness (QED) is 0.704. The zero-order valence-corrected chi connectivity index (χ0v) is 18.2. The van der Waals surface area contributed by atoms with Crippen molar-refractivity contribution in [3.63, 3.8) is 0 Å². The van der Waals surface area contributed by atoms with Crippen LogP contribution >= 0.6 is 11.8 Å². The van der Waals surface area contributed by atoms with Gasteiger partial charge < -0.3 is 14.8 Å². The Bertz CT molecular complexity index is 991. The van der Waals surface area contributed by atoms with Crippen LogP contribution in [-0.4, -0.2) is 64.2 Å². The van der Waals surface area contributed by atoms with Crippen molar-refractivity contribution in [2.75, 3.05) is 20.0 Å². The third-order valence-electron chi connectivity index (χ3n) is 5.67. The third kappa shape index (κ3) is 4.25. The van der Waals surface area contributed by atoms with Crippen molar-refractivity contribution < 1.29 is 23.9 Å². The maximum Gasteiger partial charge on any atom is 0.289 e. The van der Waals surface area contributed by atoms with E-state index in [2.05, 4.69) is 15.5 Å². The summed E-state index contributed by atoms with van der Waals surface area (Å²) < 4.78 is 10.7. The van der Waals surface area contributed by atoms with Crippen molar-refractivity contribution in [2.45, 2.75) is 37.8 Å². The molecule has 0 radical (unpaired) electrons. The number of nitrogens with zero attached hydrogens (tertiary/aromatic N) is 2. The number of aromatic nitrogens is 2. The van der Waals surface area contributed by atoms with Crippen LogP contribution in [0.1, 0.15) is 36.2 Å². The molecule has 2 fully saturated rings. The smallest absolute Gasteiger partial charge is 0.289 e. The number of hydrogen-bond donors (Lipinski definition) is 2. The van der Waals surface area contributed by atoms with Crippen molar-refractivity contribution in [3.05, 3.63) is 30.0 Å². The van der Waals surface area contributed by atoms with Crippen LogP contribution in [0.25, 0.3) is 11.3 Å². The molecular weight excluding hydrogens is 420 g/mol. The number of imide groups is 1. The van der Waals surface area contributed by atoms with E-state index < -0.39 is 0 Å². The molecule has 2 aliphatic rings. The molecule has 2 atom stereocenters. The Morgan fingerprint density at radius 2 is 2.00 bits per heavy atom.